The highest BCUT2D eigenvalue weighted by Crippen LogP contribution is 2.26. The number of thiazole rings is 1. The predicted molar refractivity (Wildman–Crippen MR) is 144 cm³/mol. The van der Waals surface area contributed by atoms with Gasteiger partial charge in [0.2, 0.25) is 10.0 Å². The number of benzene rings is 2. The number of piperazine rings is 1. The number of rotatable bonds is 8. The minimum Gasteiger partial charge on any atom is -0.496 e. The fraction of sp³-hybridized carbons (Fsp3) is 0.320. The number of hydrogen-bond acceptors (Lipinski definition) is 8. The number of nitrogens with one attached hydrogen (secondary N) is 2. The summed E-state index contributed by atoms with van der Waals surface area (Å²) in [6.45, 7) is 4.56. The normalized spacial score (nSPS) is 14.8. The molecule has 2 aromatic carbocycles. The molecule has 0 saturated carbocycles. The Morgan fingerprint density at radius 3 is 2.49 bits per heavy atom. The third-order valence-corrected chi connectivity index (χ3v) is 8.09. The van der Waals surface area contributed by atoms with Crippen LogP contribution in [0, 0.1) is 6.92 Å². The third kappa shape index (κ3) is 6.72. The van der Waals surface area contributed by atoms with E-state index < -0.39 is 16.1 Å². The van der Waals surface area contributed by atoms with Crippen LogP contribution in [0.4, 0.5) is 15.6 Å². The average Bonchev–Trinajstić information content (AvgIpc) is 3.30. The smallest absolute Gasteiger partial charge is 0.325 e. The summed E-state index contributed by atoms with van der Waals surface area (Å²) in [5, 5.41) is 7.78. The van der Waals surface area contributed by atoms with Gasteiger partial charge in [-0.2, -0.15) is 4.31 Å². The maximum Gasteiger partial charge on any atom is 0.325 e. The van der Waals surface area contributed by atoms with Crippen molar-refractivity contribution in [3.05, 3.63) is 70.2 Å². The highest BCUT2D eigenvalue weighted by molar-refractivity contribution is 7.88. The van der Waals surface area contributed by atoms with Crippen molar-refractivity contribution in [2.75, 3.05) is 50.2 Å². The molecular weight excluding hydrogens is 514 g/mol. The Balaban J connectivity index is 1.40. The van der Waals surface area contributed by atoms with Crippen LogP contribution >= 0.6 is 11.3 Å². The van der Waals surface area contributed by atoms with Gasteiger partial charge in [-0.1, -0.05) is 23.8 Å². The minimum atomic E-state index is -3.18. The Morgan fingerprint density at radius 1 is 1.05 bits per heavy atom. The van der Waals surface area contributed by atoms with Crippen LogP contribution in [0.2, 0.25) is 0 Å². The van der Waals surface area contributed by atoms with Gasteiger partial charge in [0.05, 0.1) is 30.3 Å². The first-order valence-electron chi connectivity index (χ1n) is 11.6. The zero-order valence-electron chi connectivity index (χ0n) is 20.9. The number of hydrogen-bond donors (Lipinski definition) is 2. The lowest BCUT2D eigenvalue weighted by molar-refractivity contribution is 0.103. The molecule has 0 aliphatic carbocycles. The number of anilines is 2. The maximum absolute atomic E-state index is 13.3. The highest BCUT2D eigenvalue weighted by Gasteiger charge is 2.24. The summed E-state index contributed by atoms with van der Waals surface area (Å²) < 4.78 is 30.2. The van der Waals surface area contributed by atoms with E-state index in [1.807, 2.05) is 18.4 Å². The third-order valence-electron chi connectivity index (χ3n) is 5.98. The molecule has 2 N–H and O–H groups in total. The summed E-state index contributed by atoms with van der Waals surface area (Å²) in [4.78, 5) is 32.7. The van der Waals surface area contributed by atoms with Crippen LogP contribution in [0.5, 0.6) is 5.75 Å². The van der Waals surface area contributed by atoms with Gasteiger partial charge in [0, 0.05) is 43.7 Å². The van der Waals surface area contributed by atoms with Gasteiger partial charge in [0.1, 0.15) is 5.75 Å². The number of carbonyl (C=O) groups excluding carboxylic acids is 2. The molecule has 196 valence electrons. The number of carbonyl (C=O) groups is 2. The maximum atomic E-state index is 13.3. The molecule has 0 atom stereocenters. The van der Waals surface area contributed by atoms with E-state index >= 15 is 0 Å². The van der Waals surface area contributed by atoms with E-state index in [4.69, 9.17) is 4.74 Å². The number of para-hydroxylation sites is 1. The van der Waals surface area contributed by atoms with E-state index in [1.54, 1.807) is 36.4 Å². The van der Waals surface area contributed by atoms with Crippen LogP contribution in [-0.2, 0) is 16.6 Å². The summed E-state index contributed by atoms with van der Waals surface area (Å²) >= 11 is 1.30. The van der Waals surface area contributed by atoms with Crippen molar-refractivity contribution in [3.63, 3.8) is 0 Å². The molecule has 2 amide bonds. The molecule has 0 unspecified atom stereocenters. The van der Waals surface area contributed by atoms with E-state index in [0.717, 1.165) is 11.3 Å². The van der Waals surface area contributed by atoms with Gasteiger partial charge in [0.15, 0.2) is 10.9 Å². The molecule has 12 heteroatoms. The van der Waals surface area contributed by atoms with E-state index in [9.17, 15) is 18.0 Å². The van der Waals surface area contributed by atoms with Crippen LogP contribution < -0.4 is 15.4 Å². The SMILES string of the molecule is COc1ccccc1C(=O)c1cc(C)ccc1NC(=O)Nc1nc(CN2CCN(S(C)(=O)=O)CC2)cs1. The van der Waals surface area contributed by atoms with Crippen molar-refractivity contribution in [2.45, 2.75) is 13.5 Å². The second-order valence-corrected chi connectivity index (χ2v) is 11.6. The van der Waals surface area contributed by atoms with E-state index in [0.29, 0.717) is 60.4 Å². The number of ketones is 1. The Labute approximate surface area is 220 Å². The summed E-state index contributed by atoms with van der Waals surface area (Å²) in [7, 11) is -1.67. The molecule has 1 aliphatic rings. The van der Waals surface area contributed by atoms with Crippen molar-refractivity contribution in [1.82, 2.24) is 14.2 Å². The molecule has 3 aromatic rings. The molecule has 1 aromatic heterocycles. The largest absolute Gasteiger partial charge is 0.496 e. The van der Waals surface area contributed by atoms with Gasteiger partial charge in [-0.25, -0.2) is 18.2 Å². The zero-order chi connectivity index (χ0) is 26.6. The van der Waals surface area contributed by atoms with Gasteiger partial charge in [0.25, 0.3) is 0 Å². The number of aryl methyl sites for hydroxylation is 1. The van der Waals surface area contributed by atoms with Gasteiger partial charge in [-0.15, -0.1) is 11.3 Å². The van der Waals surface area contributed by atoms with Gasteiger partial charge in [-0.05, 0) is 31.2 Å². The number of sulfonamides is 1. The van der Waals surface area contributed by atoms with E-state index in [2.05, 4.69) is 20.5 Å². The van der Waals surface area contributed by atoms with Crippen LogP contribution in [-0.4, -0.2) is 74.0 Å². The first-order chi connectivity index (χ1) is 17.6. The Bertz CT molecular complexity index is 1400. The molecule has 0 bridgehead atoms. The Kier molecular flexibility index (Phi) is 8.22. The lowest BCUT2D eigenvalue weighted by Gasteiger charge is -2.32. The zero-order valence-corrected chi connectivity index (χ0v) is 22.5. The second-order valence-electron chi connectivity index (χ2n) is 8.74. The van der Waals surface area contributed by atoms with Crippen LogP contribution in [0.15, 0.2) is 47.8 Å². The summed E-state index contributed by atoms with van der Waals surface area (Å²) in [6.07, 6.45) is 1.22. The van der Waals surface area contributed by atoms with Gasteiger partial charge < -0.3 is 10.1 Å². The molecule has 0 spiro atoms. The number of urea groups is 1. The second kappa shape index (κ2) is 11.4. The molecule has 0 radical (unpaired) electrons. The average molecular weight is 544 g/mol. The van der Waals surface area contributed by atoms with Gasteiger partial charge in [-0.3, -0.25) is 15.0 Å². The van der Waals surface area contributed by atoms with Crippen molar-refractivity contribution in [1.29, 1.82) is 0 Å². The van der Waals surface area contributed by atoms with E-state index in [1.165, 1.54) is 29.0 Å². The summed E-state index contributed by atoms with van der Waals surface area (Å²) in [5.74, 6) is 0.196. The fourth-order valence-electron chi connectivity index (χ4n) is 4.07. The molecule has 4 rings (SSSR count). The quantitative estimate of drug-likeness (QED) is 0.418. The number of amides is 2. The first-order valence-corrected chi connectivity index (χ1v) is 14.3. The lowest BCUT2D eigenvalue weighted by atomic mass is 9.99. The van der Waals surface area contributed by atoms with Crippen LogP contribution in [0.3, 0.4) is 0 Å². The lowest BCUT2D eigenvalue weighted by Crippen LogP contribution is -2.47. The first kappa shape index (κ1) is 26.7. The number of ether oxygens (including phenoxy) is 1. The van der Waals surface area contributed by atoms with Crippen molar-refractivity contribution in [2.24, 2.45) is 0 Å². The van der Waals surface area contributed by atoms with Crippen LogP contribution in [0.25, 0.3) is 0 Å². The topological polar surface area (TPSA) is 121 Å². The summed E-state index contributed by atoms with van der Waals surface area (Å²) in [5.41, 5.74) is 2.80. The monoisotopic (exact) mass is 543 g/mol. The molecule has 10 nitrogen and oxygen atoms in total. The number of nitrogens with zero attached hydrogens (tertiary/aromatic N) is 3. The molecule has 1 saturated heterocycles. The Morgan fingerprint density at radius 2 is 1.78 bits per heavy atom. The minimum absolute atomic E-state index is 0.260. The molecule has 1 fully saturated rings. The standard InChI is InChI=1S/C25H29N5O5S2/c1-17-8-9-21(20(14-17)23(31)19-6-4-5-7-22(19)35-2)27-24(32)28-25-26-18(16-36-25)15-29-10-12-30(13-11-29)37(3,33)34/h4-9,14,16H,10-13,15H2,1-3H3,(H2,26,27,28,32). The van der Waals surface area contributed by atoms with Crippen LogP contribution in [0.1, 0.15) is 27.2 Å². The molecule has 2 heterocycles. The number of aromatic nitrogens is 1. The van der Waals surface area contributed by atoms with E-state index in [-0.39, 0.29) is 5.78 Å². The van der Waals surface area contributed by atoms with Crippen molar-refractivity contribution in [3.8, 4) is 5.75 Å². The predicted octanol–water partition coefficient (Wildman–Crippen LogP) is 3.41. The molecular formula is C25H29N5O5S2. The van der Waals surface area contributed by atoms with Gasteiger partial charge >= 0.3 is 6.03 Å². The Hall–Kier alpha value is -3.32. The summed E-state index contributed by atoms with van der Waals surface area (Å²) in [6, 6.07) is 11.7. The fourth-order valence-corrected chi connectivity index (χ4v) is 5.59. The molecule has 37 heavy (non-hydrogen) atoms. The molecule has 1 aliphatic heterocycles. The highest BCUT2D eigenvalue weighted by atomic mass is 32.2. The number of methoxy groups -OCH3 is 1. The van der Waals surface area contributed by atoms with Crippen molar-refractivity contribution >= 4 is 44.0 Å². The van der Waals surface area contributed by atoms with Crippen molar-refractivity contribution < 1.29 is 22.7 Å².